The summed E-state index contributed by atoms with van der Waals surface area (Å²) in [5, 5.41) is -0.300. The van der Waals surface area contributed by atoms with Gasteiger partial charge in [-0.25, -0.2) is 0 Å². The molecule has 0 aromatic heterocycles. The lowest BCUT2D eigenvalue weighted by molar-refractivity contribution is -0.123. The van der Waals surface area contributed by atoms with E-state index in [4.69, 9.17) is 14.2 Å². The molecule has 158 valence electrons. The monoisotopic (exact) mass is 539 g/mol. The van der Waals surface area contributed by atoms with Crippen LogP contribution in [-0.2, 0) is 4.79 Å². The summed E-state index contributed by atoms with van der Waals surface area (Å²) in [6, 6.07) is 9.59. The molecule has 1 aliphatic heterocycles. The molecule has 0 atom stereocenters. The van der Waals surface area contributed by atoms with Gasteiger partial charge in [0.1, 0.15) is 12.4 Å². The number of hydrogen-bond donors (Lipinski definition) is 0. The summed E-state index contributed by atoms with van der Waals surface area (Å²) in [7, 11) is 3.13. The van der Waals surface area contributed by atoms with Crippen molar-refractivity contribution in [2.24, 2.45) is 0 Å². The van der Waals surface area contributed by atoms with E-state index in [2.05, 4.69) is 22.6 Å². The molecule has 1 heterocycles. The molecule has 3 rings (SSSR count). The fourth-order valence-electron chi connectivity index (χ4n) is 2.98. The van der Waals surface area contributed by atoms with Gasteiger partial charge in [-0.15, -0.1) is 0 Å². The minimum atomic E-state index is -0.320. The number of rotatable bonds is 7. The molecular formula is C22H22INO5S. The quantitative estimate of drug-likeness (QED) is 0.363. The number of nitrogens with zero attached hydrogens (tertiary/aromatic N) is 1. The van der Waals surface area contributed by atoms with Crippen molar-refractivity contribution < 1.29 is 23.8 Å². The molecule has 0 bridgehead atoms. The first-order valence-electron chi connectivity index (χ1n) is 9.21. The molecule has 30 heavy (non-hydrogen) atoms. The summed E-state index contributed by atoms with van der Waals surface area (Å²) in [5.74, 6) is 1.64. The highest BCUT2D eigenvalue weighted by molar-refractivity contribution is 14.1. The molecule has 2 aromatic carbocycles. The van der Waals surface area contributed by atoms with E-state index in [-0.39, 0.29) is 24.3 Å². The molecule has 8 heteroatoms. The standard InChI is InChI=1S/C22H22INO5S/c1-13-5-6-14(2)17(9-13)29-8-7-24-21(25)19(30-22(24)26)12-15-10-16(23)20(28-4)18(11-15)27-3/h5-6,9-12H,7-8H2,1-4H3/b19-12-. The zero-order valence-corrected chi connectivity index (χ0v) is 20.1. The van der Waals surface area contributed by atoms with Crippen molar-refractivity contribution >= 4 is 51.6 Å². The minimum Gasteiger partial charge on any atom is -0.493 e. The molecule has 2 amide bonds. The molecule has 0 unspecified atom stereocenters. The Morgan fingerprint density at radius 2 is 1.83 bits per heavy atom. The number of hydrogen-bond acceptors (Lipinski definition) is 6. The SMILES string of the molecule is COc1cc(/C=C2\SC(=O)N(CCOc3cc(C)ccc3C)C2=O)cc(I)c1OC. The zero-order valence-electron chi connectivity index (χ0n) is 17.2. The lowest BCUT2D eigenvalue weighted by Crippen LogP contribution is -2.32. The van der Waals surface area contributed by atoms with Crippen molar-refractivity contribution in [3.8, 4) is 17.2 Å². The third kappa shape index (κ3) is 4.92. The maximum Gasteiger partial charge on any atom is 0.293 e. The van der Waals surface area contributed by atoms with Gasteiger partial charge in [0.15, 0.2) is 11.5 Å². The third-order valence-electron chi connectivity index (χ3n) is 4.54. The van der Waals surface area contributed by atoms with Crippen molar-refractivity contribution in [2.45, 2.75) is 13.8 Å². The molecule has 1 aliphatic rings. The second-order valence-electron chi connectivity index (χ2n) is 6.69. The fourth-order valence-corrected chi connectivity index (χ4v) is 4.69. The average Bonchev–Trinajstić information content (AvgIpc) is 2.97. The first-order valence-corrected chi connectivity index (χ1v) is 11.1. The van der Waals surface area contributed by atoms with Gasteiger partial charge < -0.3 is 14.2 Å². The number of imide groups is 1. The van der Waals surface area contributed by atoms with E-state index in [1.54, 1.807) is 26.4 Å². The van der Waals surface area contributed by atoms with E-state index < -0.39 is 0 Å². The van der Waals surface area contributed by atoms with Crippen molar-refractivity contribution in [3.63, 3.8) is 0 Å². The van der Waals surface area contributed by atoms with E-state index >= 15 is 0 Å². The van der Waals surface area contributed by atoms with Crippen LogP contribution in [0, 0.1) is 17.4 Å². The Labute approximate surface area is 193 Å². The highest BCUT2D eigenvalue weighted by Gasteiger charge is 2.35. The Balaban J connectivity index is 1.71. The zero-order chi connectivity index (χ0) is 21.8. The predicted molar refractivity (Wildman–Crippen MR) is 126 cm³/mol. The van der Waals surface area contributed by atoms with Gasteiger partial charge in [-0.2, -0.15) is 0 Å². The van der Waals surface area contributed by atoms with Gasteiger partial charge in [0.25, 0.3) is 11.1 Å². The molecule has 0 N–H and O–H groups in total. The van der Waals surface area contributed by atoms with Crippen LogP contribution in [0.3, 0.4) is 0 Å². The maximum atomic E-state index is 12.7. The second-order valence-corrected chi connectivity index (χ2v) is 8.84. The normalized spacial score (nSPS) is 15.1. The molecule has 0 spiro atoms. The Morgan fingerprint density at radius 1 is 1.07 bits per heavy atom. The fraction of sp³-hybridized carbons (Fsp3) is 0.273. The summed E-state index contributed by atoms with van der Waals surface area (Å²) < 4.78 is 17.3. The topological polar surface area (TPSA) is 65.1 Å². The van der Waals surface area contributed by atoms with Crippen LogP contribution in [0.25, 0.3) is 6.08 Å². The number of amides is 2. The highest BCUT2D eigenvalue weighted by atomic mass is 127. The maximum absolute atomic E-state index is 12.7. The van der Waals surface area contributed by atoms with E-state index in [1.165, 1.54) is 4.90 Å². The number of methoxy groups -OCH3 is 2. The van der Waals surface area contributed by atoms with Crippen LogP contribution < -0.4 is 14.2 Å². The number of carbonyl (C=O) groups is 2. The van der Waals surface area contributed by atoms with Crippen LogP contribution in [0.4, 0.5) is 4.79 Å². The number of ether oxygens (including phenoxy) is 3. The highest BCUT2D eigenvalue weighted by Crippen LogP contribution is 2.37. The largest absolute Gasteiger partial charge is 0.493 e. The Hall–Kier alpha value is -2.20. The molecule has 0 aliphatic carbocycles. The van der Waals surface area contributed by atoms with Crippen molar-refractivity contribution in [2.75, 3.05) is 27.4 Å². The Bertz CT molecular complexity index is 1020. The van der Waals surface area contributed by atoms with E-state index in [0.29, 0.717) is 16.4 Å². The molecule has 6 nitrogen and oxygen atoms in total. The van der Waals surface area contributed by atoms with Gasteiger partial charge in [0, 0.05) is 0 Å². The van der Waals surface area contributed by atoms with Crippen LogP contribution in [0.5, 0.6) is 17.2 Å². The van der Waals surface area contributed by atoms with Crippen LogP contribution in [0.15, 0.2) is 35.2 Å². The lowest BCUT2D eigenvalue weighted by Gasteiger charge is -2.14. The van der Waals surface area contributed by atoms with Crippen molar-refractivity contribution in [1.82, 2.24) is 4.90 Å². The number of carbonyl (C=O) groups excluding carboxylic acids is 2. The van der Waals surface area contributed by atoms with Gasteiger partial charge in [-0.05, 0) is 89.2 Å². The summed E-state index contributed by atoms with van der Waals surface area (Å²) >= 11 is 3.07. The lowest BCUT2D eigenvalue weighted by atomic mass is 10.1. The first-order chi connectivity index (χ1) is 14.3. The van der Waals surface area contributed by atoms with Gasteiger partial charge in [0.2, 0.25) is 0 Å². The average molecular weight is 539 g/mol. The van der Waals surface area contributed by atoms with Crippen LogP contribution in [0.1, 0.15) is 16.7 Å². The molecule has 1 fully saturated rings. The summed E-state index contributed by atoms with van der Waals surface area (Å²) in [4.78, 5) is 26.7. The second kappa shape index (κ2) is 9.74. The van der Waals surface area contributed by atoms with Crippen LogP contribution >= 0.6 is 34.4 Å². The van der Waals surface area contributed by atoms with E-state index in [0.717, 1.165) is 37.8 Å². The summed E-state index contributed by atoms with van der Waals surface area (Å²) in [6.07, 6.45) is 1.70. The van der Waals surface area contributed by atoms with E-state index in [9.17, 15) is 9.59 Å². The number of benzene rings is 2. The number of thioether (sulfide) groups is 1. The molecular weight excluding hydrogens is 517 g/mol. The predicted octanol–water partition coefficient (Wildman–Crippen LogP) is 5.04. The van der Waals surface area contributed by atoms with Crippen LogP contribution in [0.2, 0.25) is 0 Å². The van der Waals surface area contributed by atoms with Crippen molar-refractivity contribution in [1.29, 1.82) is 0 Å². The van der Waals surface area contributed by atoms with Gasteiger partial charge in [-0.3, -0.25) is 14.5 Å². The third-order valence-corrected chi connectivity index (χ3v) is 6.25. The van der Waals surface area contributed by atoms with Crippen molar-refractivity contribution in [3.05, 3.63) is 55.5 Å². The smallest absolute Gasteiger partial charge is 0.293 e. The van der Waals surface area contributed by atoms with E-state index in [1.807, 2.05) is 38.1 Å². The molecule has 2 aromatic rings. The number of aryl methyl sites for hydroxylation is 2. The van der Waals surface area contributed by atoms with Crippen LogP contribution in [-0.4, -0.2) is 43.4 Å². The Kier molecular flexibility index (Phi) is 7.30. The number of halogens is 1. The van der Waals surface area contributed by atoms with Gasteiger partial charge >= 0.3 is 0 Å². The summed E-state index contributed by atoms with van der Waals surface area (Å²) in [6.45, 7) is 4.38. The molecule has 0 radical (unpaired) electrons. The minimum absolute atomic E-state index is 0.193. The van der Waals surface area contributed by atoms with Gasteiger partial charge in [-0.1, -0.05) is 12.1 Å². The van der Waals surface area contributed by atoms with Gasteiger partial charge in [0.05, 0.1) is 29.2 Å². The molecule has 0 saturated carbocycles. The first kappa shape index (κ1) is 22.5. The molecule has 1 saturated heterocycles. The Morgan fingerprint density at radius 3 is 2.53 bits per heavy atom. The summed E-state index contributed by atoms with van der Waals surface area (Å²) in [5.41, 5.74) is 2.86.